The van der Waals surface area contributed by atoms with E-state index in [9.17, 15) is 14.4 Å². The number of amides is 3. The molecule has 0 aromatic heterocycles. The first-order chi connectivity index (χ1) is 14.0. The molecule has 1 heterocycles. The lowest BCUT2D eigenvalue weighted by Gasteiger charge is -2.33. The van der Waals surface area contributed by atoms with Crippen molar-refractivity contribution < 1.29 is 23.9 Å². The van der Waals surface area contributed by atoms with Crippen molar-refractivity contribution in [2.75, 3.05) is 39.1 Å². The average Bonchev–Trinajstić information content (AvgIpc) is 2.67. The quantitative estimate of drug-likeness (QED) is 0.780. The van der Waals surface area contributed by atoms with Gasteiger partial charge in [-0.1, -0.05) is 0 Å². The Hall–Kier alpha value is -2.77. The van der Waals surface area contributed by atoms with Crippen LogP contribution in [0.1, 0.15) is 50.4 Å². The van der Waals surface area contributed by atoms with E-state index >= 15 is 0 Å². The van der Waals surface area contributed by atoms with Gasteiger partial charge in [-0.15, -0.1) is 0 Å². The number of piperidine rings is 1. The smallest absolute Gasteiger partial charge is 0.411 e. The average molecular weight is 420 g/mol. The van der Waals surface area contributed by atoms with Crippen LogP contribution in [0.15, 0.2) is 24.3 Å². The second kappa shape index (κ2) is 10.3. The maximum atomic E-state index is 12.1. The summed E-state index contributed by atoms with van der Waals surface area (Å²) in [4.78, 5) is 39.2. The Morgan fingerprint density at radius 3 is 2.23 bits per heavy atom. The van der Waals surface area contributed by atoms with E-state index in [4.69, 9.17) is 9.47 Å². The van der Waals surface area contributed by atoms with Crippen LogP contribution in [0.4, 0.5) is 15.3 Å². The number of ether oxygens (including phenoxy) is 2. The number of likely N-dealkylation sites (tertiary alicyclic amines) is 1. The van der Waals surface area contributed by atoms with Crippen molar-refractivity contribution in [3.05, 3.63) is 29.8 Å². The molecule has 0 atom stereocenters. The standard InChI is InChI=1S/C22H33N3O5/c1-22(2,3)30-21(28)25-13-10-16(11-14-25)12-15-29-20(27)23-18-8-6-17(7-9-18)19(26)24(4)5/h6-9,16H,10-15H2,1-5H3,(H,23,27). The van der Waals surface area contributed by atoms with Crippen LogP contribution in [0, 0.1) is 5.92 Å². The Balaban J connectivity index is 1.67. The van der Waals surface area contributed by atoms with E-state index in [-0.39, 0.29) is 12.0 Å². The molecule has 0 bridgehead atoms. The van der Waals surface area contributed by atoms with Gasteiger partial charge in [0.2, 0.25) is 0 Å². The lowest BCUT2D eigenvalue weighted by molar-refractivity contribution is 0.0175. The summed E-state index contributed by atoms with van der Waals surface area (Å²) in [7, 11) is 3.38. The molecule has 30 heavy (non-hydrogen) atoms. The van der Waals surface area contributed by atoms with E-state index in [1.54, 1.807) is 43.3 Å². The number of benzene rings is 1. The molecule has 8 nitrogen and oxygen atoms in total. The van der Waals surface area contributed by atoms with Gasteiger partial charge in [-0.05, 0) is 70.2 Å². The zero-order chi connectivity index (χ0) is 22.3. The van der Waals surface area contributed by atoms with Gasteiger partial charge in [-0.3, -0.25) is 10.1 Å². The van der Waals surface area contributed by atoms with Gasteiger partial charge in [0, 0.05) is 38.4 Å². The van der Waals surface area contributed by atoms with Gasteiger partial charge in [-0.25, -0.2) is 9.59 Å². The summed E-state index contributed by atoms with van der Waals surface area (Å²) in [5, 5.41) is 2.66. The van der Waals surface area contributed by atoms with Crippen molar-refractivity contribution >= 4 is 23.8 Å². The Morgan fingerprint density at radius 2 is 1.70 bits per heavy atom. The molecular formula is C22H33N3O5. The van der Waals surface area contributed by atoms with Crippen LogP contribution in [-0.4, -0.2) is 67.3 Å². The lowest BCUT2D eigenvalue weighted by Crippen LogP contribution is -2.41. The fraction of sp³-hybridized carbons (Fsp3) is 0.591. The molecule has 0 radical (unpaired) electrons. The summed E-state index contributed by atoms with van der Waals surface area (Å²) in [6, 6.07) is 6.67. The highest BCUT2D eigenvalue weighted by atomic mass is 16.6. The number of carbonyl (C=O) groups excluding carboxylic acids is 3. The van der Waals surface area contributed by atoms with Crippen LogP contribution in [0.2, 0.25) is 0 Å². The van der Waals surface area contributed by atoms with Gasteiger partial charge in [0.1, 0.15) is 5.60 Å². The molecule has 1 aliphatic heterocycles. The van der Waals surface area contributed by atoms with Crippen LogP contribution in [0.5, 0.6) is 0 Å². The van der Waals surface area contributed by atoms with Gasteiger partial charge in [0.15, 0.2) is 0 Å². The maximum Gasteiger partial charge on any atom is 0.411 e. The molecule has 1 aromatic carbocycles. The van der Waals surface area contributed by atoms with E-state index in [0.717, 1.165) is 19.3 Å². The second-order valence-electron chi connectivity index (χ2n) is 8.74. The Morgan fingerprint density at radius 1 is 1.10 bits per heavy atom. The number of hydrogen-bond donors (Lipinski definition) is 1. The molecule has 1 saturated heterocycles. The first-order valence-electron chi connectivity index (χ1n) is 10.3. The highest BCUT2D eigenvalue weighted by molar-refractivity contribution is 5.94. The van der Waals surface area contributed by atoms with Gasteiger partial charge in [-0.2, -0.15) is 0 Å². The topological polar surface area (TPSA) is 88.2 Å². The summed E-state index contributed by atoms with van der Waals surface area (Å²) >= 11 is 0. The number of nitrogens with one attached hydrogen (secondary N) is 1. The first-order valence-corrected chi connectivity index (χ1v) is 10.3. The molecule has 8 heteroatoms. The van der Waals surface area contributed by atoms with Gasteiger partial charge in [0.25, 0.3) is 5.91 Å². The van der Waals surface area contributed by atoms with Crippen LogP contribution in [-0.2, 0) is 9.47 Å². The monoisotopic (exact) mass is 419 g/mol. The van der Waals surface area contributed by atoms with Crippen LogP contribution in [0.3, 0.4) is 0 Å². The highest BCUT2D eigenvalue weighted by Gasteiger charge is 2.26. The number of anilines is 1. The van der Waals surface area contributed by atoms with E-state index in [0.29, 0.717) is 36.9 Å². The fourth-order valence-corrected chi connectivity index (χ4v) is 3.16. The second-order valence-corrected chi connectivity index (χ2v) is 8.74. The minimum absolute atomic E-state index is 0.0955. The zero-order valence-electron chi connectivity index (χ0n) is 18.6. The van der Waals surface area contributed by atoms with Crippen molar-refractivity contribution in [3.8, 4) is 0 Å². The molecule has 0 spiro atoms. The molecule has 1 aromatic rings. The SMILES string of the molecule is CN(C)C(=O)c1ccc(NC(=O)OCCC2CCN(C(=O)OC(C)(C)C)CC2)cc1. The van der Waals surface area contributed by atoms with Crippen molar-refractivity contribution in [2.45, 2.75) is 45.6 Å². The predicted molar refractivity (Wildman–Crippen MR) is 115 cm³/mol. The van der Waals surface area contributed by atoms with Crippen molar-refractivity contribution in [1.82, 2.24) is 9.80 Å². The van der Waals surface area contributed by atoms with Crippen LogP contribution >= 0.6 is 0 Å². The molecule has 3 amide bonds. The Labute approximate surface area is 178 Å². The lowest BCUT2D eigenvalue weighted by atomic mass is 9.94. The number of nitrogens with zero attached hydrogens (tertiary/aromatic N) is 2. The van der Waals surface area contributed by atoms with E-state index in [1.165, 1.54) is 4.90 Å². The highest BCUT2D eigenvalue weighted by Crippen LogP contribution is 2.22. The fourth-order valence-electron chi connectivity index (χ4n) is 3.16. The van der Waals surface area contributed by atoms with Crippen LogP contribution in [0.25, 0.3) is 0 Å². The first kappa shape index (κ1) is 23.5. The summed E-state index contributed by atoms with van der Waals surface area (Å²) in [6.45, 7) is 7.21. The molecule has 0 saturated carbocycles. The third-order valence-corrected chi connectivity index (χ3v) is 4.81. The van der Waals surface area contributed by atoms with Gasteiger partial charge in [0.05, 0.1) is 6.61 Å². The molecule has 0 aliphatic carbocycles. The van der Waals surface area contributed by atoms with Crippen molar-refractivity contribution in [2.24, 2.45) is 5.92 Å². The Kier molecular flexibility index (Phi) is 8.08. The van der Waals surface area contributed by atoms with E-state index in [1.807, 2.05) is 20.8 Å². The normalized spacial score (nSPS) is 14.8. The van der Waals surface area contributed by atoms with Crippen molar-refractivity contribution in [1.29, 1.82) is 0 Å². The summed E-state index contributed by atoms with van der Waals surface area (Å²) in [5.74, 6) is 0.314. The third-order valence-electron chi connectivity index (χ3n) is 4.81. The van der Waals surface area contributed by atoms with Crippen LogP contribution < -0.4 is 5.32 Å². The summed E-state index contributed by atoms with van der Waals surface area (Å²) in [5.41, 5.74) is 0.634. The minimum Gasteiger partial charge on any atom is -0.449 e. The molecular weight excluding hydrogens is 386 g/mol. The number of rotatable bonds is 5. The third kappa shape index (κ3) is 7.57. The number of carbonyl (C=O) groups is 3. The molecule has 1 aliphatic rings. The van der Waals surface area contributed by atoms with Crippen molar-refractivity contribution in [3.63, 3.8) is 0 Å². The van der Waals surface area contributed by atoms with Gasteiger partial charge < -0.3 is 19.3 Å². The largest absolute Gasteiger partial charge is 0.449 e. The molecule has 1 fully saturated rings. The molecule has 2 rings (SSSR count). The minimum atomic E-state index is -0.520. The molecule has 166 valence electrons. The van der Waals surface area contributed by atoms with E-state index in [2.05, 4.69) is 5.32 Å². The molecule has 0 unspecified atom stereocenters. The maximum absolute atomic E-state index is 12.1. The van der Waals surface area contributed by atoms with E-state index < -0.39 is 11.7 Å². The van der Waals surface area contributed by atoms with Gasteiger partial charge >= 0.3 is 12.2 Å². The Bertz CT molecular complexity index is 732. The molecule has 1 N–H and O–H groups in total. The summed E-state index contributed by atoms with van der Waals surface area (Å²) < 4.78 is 10.7. The number of hydrogen-bond acceptors (Lipinski definition) is 5. The zero-order valence-corrected chi connectivity index (χ0v) is 18.6. The predicted octanol–water partition coefficient (Wildman–Crippen LogP) is 3.97. The summed E-state index contributed by atoms with van der Waals surface area (Å²) in [6.07, 6.45) is 1.70.